The van der Waals surface area contributed by atoms with Gasteiger partial charge in [-0.15, -0.1) is 0 Å². The second-order valence-corrected chi connectivity index (χ2v) is 6.42. The van der Waals surface area contributed by atoms with E-state index >= 15 is 0 Å². The van der Waals surface area contributed by atoms with E-state index in [0.717, 1.165) is 13.2 Å². The fourth-order valence-electron chi connectivity index (χ4n) is 2.61. The Kier molecular flexibility index (Phi) is 4.46. The van der Waals surface area contributed by atoms with Gasteiger partial charge in [0.05, 0.1) is 5.60 Å². The Balaban J connectivity index is 1.98. The maximum absolute atomic E-state index is 5.73. The van der Waals surface area contributed by atoms with Crippen LogP contribution >= 0.6 is 15.9 Å². The summed E-state index contributed by atoms with van der Waals surface area (Å²) in [5.74, 6) is 0. The predicted octanol–water partition coefficient (Wildman–Crippen LogP) is 3.84. The molecule has 0 radical (unpaired) electrons. The van der Waals surface area contributed by atoms with Gasteiger partial charge >= 0.3 is 0 Å². The number of halogens is 1. The van der Waals surface area contributed by atoms with E-state index < -0.39 is 0 Å². The van der Waals surface area contributed by atoms with E-state index in [4.69, 9.17) is 4.74 Å². The predicted molar refractivity (Wildman–Crippen MR) is 78.9 cm³/mol. The first-order valence-electron chi connectivity index (χ1n) is 6.67. The second kappa shape index (κ2) is 5.72. The maximum Gasteiger partial charge on any atom is 0.0750 e. The van der Waals surface area contributed by atoms with Crippen LogP contribution in [0.5, 0.6) is 0 Å². The van der Waals surface area contributed by atoms with Crippen LogP contribution in [0.25, 0.3) is 0 Å². The van der Waals surface area contributed by atoms with Gasteiger partial charge in [0, 0.05) is 23.7 Å². The highest BCUT2D eigenvalue weighted by molar-refractivity contribution is 9.10. The molecule has 1 unspecified atom stereocenters. The van der Waals surface area contributed by atoms with Gasteiger partial charge in [0.2, 0.25) is 0 Å². The SMILES string of the molecule is CCOC(C)(C)CNC1CCc2cc(Br)ccc21. The summed E-state index contributed by atoms with van der Waals surface area (Å²) in [6, 6.07) is 7.09. The van der Waals surface area contributed by atoms with Gasteiger partial charge in [-0.2, -0.15) is 0 Å². The van der Waals surface area contributed by atoms with Gasteiger partial charge < -0.3 is 10.1 Å². The fourth-order valence-corrected chi connectivity index (χ4v) is 3.02. The molecule has 2 nitrogen and oxygen atoms in total. The van der Waals surface area contributed by atoms with Crippen LogP contribution in [0.1, 0.15) is 44.4 Å². The van der Waals surface area contributed by atoms with Crippen LogP contribution in [0.4, 0.5) is 0 Å². The number of hydrogen-bond donors (Lipinski definition) is 1. The zero-order valence-corrected chi connectivity index (χ0v) is 13.0. The third-order valence-corrected chi connectivity index (χ3v) is 3.99. The number of benzene rings is 1. The Morgan fingerprint density at radius 3 is 2.94 bits per heavy atom. The molecule has 1 aliphatic carbocycles. The molecule has 100 valence electrons. The average molecular weight is 312 g/mol. The Hall–Kier alpha value is -0.380. The first-order valence-corrected chi connectivity index (χ1v) is 7.47. The van der Waals surface area contributed by atoms with Gasteiger partial charge in [0.15, 0.2) is 0 Å². The third-order valence-electron chi connectivity index (χ3n) is 3.49. The van der Waals surface area contributed by atoms with E-state index in [2.05, 4.69) is 53.3 Å². The van der Waals surface area contributed by atoms with Crippen molar-refractivity contribution in [2.24, 2.45) is 0 Å². The van der Waals surface area contributed by atoms with Crippen molar-refractivity contribution in [3.8, 4) is 0 Å². The first-order chi connectivity index (χ1) is 8.52. The van der Waals surface area contributed by atoms with Crippen LogP contribution < -0.4 is 5.32 Å². The molecule has 1 aromatic carbocycles. The van der Waals surface area contributed by atoms with Gasteiger partial charge in [-0.25, -0.2) is 0 Å². The summed E-state index contributed by atoms with van der Waals surface area (Å²) in [4.78, 5) is 0. The summed E-state index contributed by atoms with van der Waals surface area (Å²) in [7, 11) is 0. The van der Waals surface area contributed by atoms with Crippen molar-refractivity contribution in [3.05, 3.63) is 33.8 Å². The highest BCUT2D eigenvalue weighted by atomic mass is 79.9. The van der Waals surface area contributed by atoms with Gasteiger partial charge in [0.1, 0.15) is 0 Å². The number of aryl methyl sites for hydroxylation is 1. The normalized spacial score (nSPS) is 19.0. The van der Waals surface area contributed by atoms with Crippen LogP contribution in [0.2, 0.25) is 0 Å². The van der Waals surface area contributed by atoms with Gasteiger partial charge in [-0.1, -0.05) is 22.0 Å². The molecule has 0 bridgehead atoms. The molecule has 0 aromatic heterocycles. The van der Waals surface area contributed by atoms with E-state index in [1.165, 1.54) is 28.4 Å². The van der Waals surface area contributed by atoms with Crippen LogP contribution in [0.15, 0.2) is 22.7 Å². The molecular weight excluding hydrogens is 290 g/mol. The first kappa shape index (κ1) is 14.0. The van der Waals surface area contributed by atoms with Crippen molar-refractivity contribution in [2.75, 3.05) is 13.2 Å². The Morgan fingerprint density at radius 2 is 2.22 bits per heavy atom. The van der Waals surface area contributed by atoms with Crippen molar-refractivity contribution < 1.29 is 4.74 Å². The van der Waals surface area contributed by atoms with Crippen LogP contribution in [0.3, 0.4) is 0 Å². The summed E-state index contributed by atoms with van der Waals surface area (Å²) in [6.45, 7) is 7.98. The summed E-state index contributed by atoms with van der Waals surface area (Å²) < 4.78 is 6.90. The maximum atomic E-state index is 5.73. The highest BCUT2D eigenvalue weighted by Gasteiger charge is 2.25. The van der Waals surface area contributed by atoms with E-state index in [9.17, 15) is 0 Å². The monoisotopic (exact) mass is 311 g/mol. The lowest BCUT2D eigenvalue weighted by Crippen LogP contribution is -2.38. The van der Waals surface area contributed by atoms with E-state index in [-0.39, 0.29) is 5.60 Å². The summed E-state index contributed by atoms with van der Waals surface area (Å²) in [6.07, 6.45) is 2.36. The lowest BCUT2D eigenvalue weighted by atomic mass is 10.1. The molecular formula is C15H22BrNO. The standard InChI is InChI=1S/C15H22BrNO/c1-4-18-15(2,3)10-17-14-8-5-11-9-12(16)6-7-13(11)14/h6-7,9,14,17H,4-5,8,10H2,1-3H3. The third kappa shape index (κ3) is 3.34. The quantitative estimate of drug-likeness (QED) is 0.892. The van der Waals surface area contributed by atoms with Crippen molar-refractivity contribution in [1.82, 2.24) is 5.32 Å². The molecule has 1 aromatic rings. The van der Waals surface area contributed by atoms with Crippen molar-refractivity contribution in [3.63, 3.8) is 0 Å². The molecule has 0 aliphatic heterocycles. The molecule has 1 N–H and O–H groups in total. The number of rotatable bonds is 5. The highest BCUT2D eigenvalue weighted by Crippen LogP contribution is 2.33. The molecule has 0 amide bonds. The van der Waals surface area contributed by atoms with E-state index in [1.54, 1.807) is 0 Å². The smallest absolute Gasteiger partial charge is 0.0750 e. The van der Waals surface area contributed by atoms with Crippen LogP contribution in [-0.4, -0.2) is 18.8 Å². The number of hydrogen-bond acceptors (Lipinski definition) is 2. The van der Waals surface area contributed by atoms with Crippen molar-refractivity contribution >= 4 is 15.9 Å². The van der Waals surface area contributed by atoms with Crippen LogP contribution in [-0.2, 0) is 11.2 Å². The van der Waals surface area contributed by atoms with Gasteiger partial charge in [-0.3, -0.25) is 0 Å². The Bertz CT molecular complexity index is 417. The van der Waals surface area contributed by atoms with Crippen molar-refractivity contribution in [1.29, 1.82) is 0 Å². The zero-order valence-electron chi connectivity index (χ0n) is 11.4. The number of nitrogens with one attached hydrogen (secondary N) is 1. The summed E-state index contributed by atoms with van der Waals surface area (Å²) >= 11 is 3.54. The summed E-state index contributed by atoms with van der Waals surface area (Å²) in [5.41, 5.74) is 2.83. The molecule has 0 saturated heterocycles. The lowest BCUT2D eigenvalue weighted by molar-refractivity contribution is -0.0106. The second-order valence-electron chi connectivity index (χ2n) is 5.51. The van der Waals surface area contributed by atoms with Gasteiger partial charge in [-0.05, 0) is 56.9 Å². The zero-order chi connectivity index (χ0) is 13.2. The fraction of sp³-hybridized carbons (Fsp3) is 0.600. The van der Waals surface area contributed by atoms with Crippen LogP contribution in [0, 0.1) is 0 Å². The Labute approximate surface area is 118 Å². The lowest BCUT2D eigenvalue weighted by Gasteiger charge is -2.27. The minimum atomic E-state index is -0.0904. The molecule has 1 atom stereocenters. The van der Waals surface area contributed by atoms with E-state index in [0.29, 0.717) is 6.04 Å². The molecule has 0 fully saturated rings. The minimum absolute atomic E-state index is 0.0904. The topological polar surface area (TPSA) is 21.3 Å². The molecule has 0 heterocycles. The number of ether oxygens (including phenoxy) is 1. The molecule has 2 rings (SSSR count). The Morgan fingerprint density at radius 1 is 1.44 bits per heavy atom. The molecule has 18 heavy (non-hydrogen) atoms. The van der Waals surface area contributed by atoms with Crippen molar-refractivity contribution in [2.45, 2.75) is 45.3 Å². The largest absolute Gasteiger partial charge is 0.375 e. The van der Waals surface area contributed by atoms with Gasteiger partial charge in [0.25, 0.3) is 0 Å². The molecule has 1 aliphatic rings. The molecule has 0 saturated carbocycles. The van der Waals surface area contributed by atoms with E-state index in [1.807, 2.05) is 6.92 Å². The molecule has 0 spiro atoms. The summed E-state index contributed by atoms with van der Waals surface area (Å²) in [5, 5.41) is 3.64. The average Bonchev–Trinajstić information content (AvgIpc) is 2.68. The molecule has 3 heteroatoms. The number of fused-ring (bicyclic) bond motifs is 1. The minimum Gasteiger partial charge on any atom is -0.375 e.